The Hall–Kier alpha value is -2.40. The lowest BCUT2D eigenvalue weighted by molar-refractivity contribution is -0.137. The number of thiazole rings is 1. The molecule has 2 aromatic heterocycles. The lowest BCUT2D eigenvalue weighted by Crippen LogP contribution is -2.23. The Morgan fingerprint density at radius 1 is 1.16 bits per heavy atom. The van der Waals surface area contributed by atoms with Crippen LogP contribution in [0.15, 0.2) is 35.6 Å². The quantitative estimate of drug-likeness (QED) is 0.410. The number of fused-ring (bicyclic) bond motifs is 1. The molecule has 6 nitrogen and oxygen atoms in total. The van der Waals surface area contributed by atoms with Crippen LogP contribution in [0.3, 0.4) is 0 Å². The number of amides is 1. The zero-order valence-electron chi connectivity index (χ0n) is 16.5. The molecule has 0 bridgehead atoms. The van der Waals surface area contributed by atoms with Gasteiger partial charge in [0.25, 0.3) is 0 Å². The third-order valence-electron chi connectivity index (χ3n) is 4.84. The van der Waals surface area contributed by atoms with Crippen molar-refractivity contribution in [1.82, 2.24) is 15.0 Å². The van der Waals surface area contributed by atoms with E-state index in [1.54, 1.807) is 0 Å². The summed E-state index contributed by atoms with van der Waals surface area (Å²) < 4.78 is 39.3. The number of hydrogen-bond donors (Lipinski definition) is 1. The molecule has 1 N–H and O–H groups in total. The minimum absolute atomic E-state index is 0.0132. The van der Waals surface area contributed by atoms with Crippen molar-refractivity contribution in [3.05, 3.63) is 36.2 Å². The molecular formula is C20H20F3N5OS2. The van der Waals surface area contributed by atoms with E-state index in [2.05, 4.69) is 25.2 Å². The number of benzene rings is 1. The normalized spacial score (nSPS) is 15.1. The van der Waals surface area contributed by atoms with Gasteiger partial charge < -0.3 is 10.2 Å². The van der Waals surface area contributed by atoms with E-state index in [4.69, 9.17) is 0 Å². The van der Waals surface area contributed by atoms with Crippen molar-refractivity contribution in [2.24, 2.45) is 0 Å². The second-order valence-electron chi connectivity index (χ2n) is 7.14. The molecule has 0 unspecified atom stereocenters. The monoisotopic (exact) mass is 467 g/mol. The second kappa shape index (κ2) is 9.39. The summed E-state index contributed by atoms with van der Waals surface area (Å²) in [7, 11) is 0. The van der Waals surface area contributed by atoms with Crippen LogP contribution in [0.25, 0.3) is 10.3 Å². The van der Waals surface area contributed by atoms with E-state index in [-0.39, 0.29) is 11.4 Å². The molecule has 3 heterocycles. The molecule has 3 aromatic rings. The molecule has 11 heteroatoms. The third kappa shape index (κ3) is 5.45. The molecule has 1 aliphatic rings. The molecule has 1 saturated heterocycles. The van der Waals surface area contributed by atoms with E-state index in [0.29, 0.717) is 10.7 Å². The number of anilines is 2. The number of alkyl halides is 3. The Balaban J connectivity index is 1.43. The van der Waals surface area contributed by atoms with E-state index in [0.717, 1.165) is 47.9 Å². The van der Waals surface area contributed by atoms with Crippen LogP contribution in [-0.2, 0) is 11.0 Å². The Labute approximate surface area is 185 Å². The number of aromatic nitrogens is 3. The molecule has 0 aliphatic carbocycles. The number of halogens is 3. The summed E-state index contributed by atoms with van der Waals surface area (Å²) in [5.74, 6) is -0.396. The topological polar surface area (TPSA) is 71.0 Å². The van der Waals surface area contributed by atoms with Gasteiger partial charge in [-0.15, -0.1) is 0 Å². The highest BCUT2D eigenvalue weighted by atomic mass is 32.2. The first-order valence-electron chi connectivity index (χ1n) is 9.86. The average Bonchev–Trinajstić information content (AvgIpc) is 2.99. The summed E-state index contributed by atoms with van der Waals surface area (Å²) in [6.45, 7) is 1.93. The van der Waals surface area contributed by atoms with Crippen molar-refractivity contribution in [2.45, 2.75) is 36.9 Å². The molecule has 0 saturated carbocycles. The SMILES string of the molecule is O=C(CSc1ncnc2nc(N3CCCCCC3)sc12)Nc1cccc(C(F)(F)F)c1. The van der Waals surface area contributed by atoms with E-state index in [1.807, 2.05) is 0 Å². The molecule has 4 rings (SSSR count). The zero-order valence-corrected chi connectivity index (χ0v) is 18.1. The van der Waals surface area contributed by atoms with Crippen LogP contribution in [0.1, 0.15) is 31.2 Å². The van der Waals surface area contributed by atoms with Gasteiger partial charge in [0.05, 0.1) is 11.3 Å². The largest absolute Gasteiger partial charge is 0.416 e. The van der Waals surface area contributed by atoms with Crippen molar-refractivity contribution in [3.8, 4) is 0 Å². The van der Waals surface area contributed by atoms with Gasteiger partial charge in [0, 0.05) is 18.8 Å². The molecule has 164 valence electrons. The van der Waals surface area contributed by atoms with Crippen LogP contribution in [0, 0.1) is 0 Å². The van der Waals surface area contributed by atoms with Crippen LogP contribution in [0.5, 0.6) is 0 Å². The van der Waals surface area contributed by atoms with Crippen molar-refractivity contribution in [1.29, 1.82) is 0 Å². The molecule has 1 amide bonds. The van der Waals surface area contributed by atoms with Gasteiger partial charge >= 0.3 is 6.18 Å². The number of nitrogens with zero attached hydrogens (tertiary/aromatic N) is 4. The maximum Gasteiger partial charge on any atom is 0.416 e. The van der Waals surface area contributed by atoms with Gasteiger partial charge in [-0.2, -0.15) is 18.2 Å². The highest BCUT2D eigenvalue weighted by Gasteiger charge is 2.30. The van der Waals surface area contributed by atoms with E-state index < -0.39 is 17.6 Å². The summed E-state index contributed by atoms with van der Waals surface area (Å²) in [5.41, 5.74) is -0.101. The Kier molecular flexibility index (Phi) is 6.61. The van der Waals surface area contributed by atoms with Crippen LogP contribution >= 0.6 is 23.1 Å². The lowest BCUT2D eigenvalue weighted by atomic mass is 10.2. The molecule has 31 heavy (non-hydrogen) atoms. The van der Waals surface area contributed by atoms with Crippen molar-refractivity contribution in [3.63, 3.8) is 0 Å². The fraction of sp³-hybridized carbons (Fsp3) is 0.400. The molecule has 1 fully saturated rings. The number of carbonyl (C=O) groups is 1. The number of hydrogen-bond acceptors (Lipinski definition) is 7. The van der Waals surface area contributed by atoms with Crippen molar-refractivity contribution < 1.29 is 18.0 Å². The molecule has 1 aromatic carbocycles. The predicted octanol–water partition coefficient (Wildman–Crippen LogP) is 5.22. The number of thioether (sulfide) groups is 1. The molecule has 0 radical (unpaired) electrons. The van der Waals surface area contributed by atoms with Crippen LogP contribution in [-0.4, -0.2) is 39.7 Å². The Morgan fingerprint density at radius 3 is 2.68 bits per heavy atom. The first-order valence-corrected chi connectivity index (χ1v) is 11.7. The minimum Gasteiger partial charge on any atom is -0.348 e. The average molecular weight is 468 g/mol. The third-order valence-corrected chi connectivity index (χ3v) is 7.07. The molecule has 1 aliphatic heterocycles. The number of nitrogens with one attached hydrogen (secondary N) is 1. The van der Waals surface area contributed by atoms with Gasteiger partial charge in [-0.1, -0.05) is 42.0 Å². The second-order valence-corrected chi connectivity index (χ2v) is 9.09. The lowest BCUT2D eigenvalue weighted by Gasteiger charge is -2.18. The highest BCUT2D eigenvalue weighted by molar-refractivity contribution is 8.00. The van der Waals surface area contributed by atoms with Gasteiger partial charge in [-0.25, -0.2) is 9.97 Å². The van der Waals surface area contributed by atoms with E-state index in [9.17, 15) is 18.0 Å². The fourth-order valence-corrected chi connectivity index (χ4v) is 5.27. The molecule has 0 atom stereocenters. The fourth-order valence-electron chi connectivity index (χ4n) is 3.33. The summed E-state index contributed by atoms with van der Waals surface area (Å²) in [6.07, 6.45) is 1.69. The standard InChI is InChI=1S/C20H20F3N5OS2/c21-20(22,23)13-6-5-7-14(10-13)26-15(29)11-30-18-16-17(24-12-25-18)27-19(31-16)28-8-3-1-2-4-9-28/h5-7,10,12H,1-4,8-9,11H2,(H,26,29). The first kappa shape index (κ1) is 21.8. The van der Waals surface area contributed by atoms with Crippen LogP contribution < -0.4 is 10.2 Å². The maximum atomic E-state index is 12.8. The minimum atomic E-state index is -4.46. The zero-order chi connectivity index (χ0) is 21.8. The van der Waals surface area contributed by atoms with Crippen LogP contribution in [0.2, 0.25) is 0 Å². The van der Waals surface area contributed by atoms with Crippen LogP contribution in [0.4, 0.5) is 24.0 Å². The highest BCUT2D eigenvalue weighted by Crippen LogP contribution is 2.35. The molecular weight excluding hydrogens is 447 g/mol. The molecule has 0 spiro atoms. The predicted molar refractivity (Wildman–Crippen MR) is 117 cm³/mol. The summed E-state index contributed by atoms with van der Waals surface area (Å²) in [6, 6.07) is 4.58. The summed E-state index contributed by atoms with van der Waals surface area (Å²) in [5, 5.41) is 4.06. The van der Waals surface area contributed by atoms with Crippen molar-refractivity contribution >= 4 is 50.2 Å². The number of rotatable bonds is 5. The summed E-state index contributed by atoms with van der Waals surface area (Å²) in [4.78, 5) is 27.7. The first-order chi connectivity index (χ1) is 14.9. The van der Waals surface area contributed by atoms with Gasteiger partial charge in [0.1, 0.15) is 16.1 Å². The van der Waals surface area contributed by atoms with Gasteiger partial charge in [-0.05, 0) is 31.0 Å². The Morgan fingerprint density at radius 2 is 1.94 bits per heavy atom. The maximum absolute atomic E-state index is 12.8. The number of carbonyl (C=O) groups excluding carboxylic acids is 1. The van der Waals surface area contributed by atoms with E-state index in [1.165, 1.54) is 54.4 Å². The summed E-state index contributed by atoms with van der Waals surface area (Å²) >= 11 is 2.73. The van der Waals surface area contributed by atoms with Gasteiger partial charge in [-0.3, -0.25) is 4.79 Å². The smallest absolute Gasteiger partial charge is 0.348 e. The van der Waals surface area contributed by atoms with Gasteiger partial charge in [0.2, 0.25) is 5.91 Å². The van der Waals surface area contributed by atoms with Crippen molar-refractivity contribution in [2.75, 3.05) is 29.1 Å². The Bertz CT molecular complexity index is 1060. The van der Waals surface area contributed by atoms with Gasteiger partial charge in [0.15, 0.2) is 10.8 Å². The van der Waals surface area contributed by atoms with E-state index >= 15 is 0 Å².